The molecule has 0 spiro atoms. The molecule has 17 heavy (non-hydrogen) atoms. The number of amides is 1. The SMILES string of the molecule is C/C(C(=O)O)=C(/C)C(=O)Nc1ccncc1F. The predicted octanol–water partition coefficient (Wildman–Crippen LogP) is 1.58. The first-order valence-electron chi connectivity index (χ1n) is 4.75. The lowest BCUT2D eigenvalue weighted by molar-refractivity contribution is -0.133. The standard InChI is InChI=1S/C11H11FN2O3/c1-6(7(2)11(16)17)10(15)14-9-3-4-13-5-8(9)12/h3-5H,1-2H3,(H,16,17)(H,13,14,15)/b7-6+. The molecular weight excluding hydrogens is 227 g/mol. The molecule has 1 heterocycles. The summed E-state index contributed by atoms with van der Waals surface area (Å²) in [6.07, 6.45) is 2.28. The normalized spacial score (nSPS) is 11.7. The van der Waals surface area contributed by atoms with Crippen molar-refractivity contribution >= 4 is 17.6 Å². The molecule has 1 aromatic rings. The van der Waals surface area contributed by atoms with Crippen molar-refractivity contribution in [2.75, 3.05) is 5.32 Å². The minimum atomic E-state index is -1.19. The van der Waals surface area contributed by atoms with E-state index in [1.165, 1.54) is 26.1 Å². The monoisotopic (exact) mass is 238 g/mol. The van der Waals surface area contributed by atoms with Crippen LogP contribution in [0.2, 0.25) is 0 Å². The van der Waals surface area contributed by atoms with Crippen LogP contribution in [0.5, 0.6) is 0 Å². The lowest BCUT2D eigenvalue weighted by Gasteiger charge is -2.07. The van der Waals surface area contributed by atoms with Crippen LogP contribution >= 0.6 is 0 Å². The number of pyridine rings is 1. The summed E-state index contributed by atoms with van der Waals surface area (Å²) in [4.78, 5) is 25.8. The molecule has 1 rings (SSSR count). The number of halogens is 1. The molecule has 0 fully saturated rings. The zero-order valence-corrected chi connectivity index (χ0v) is 9.32. The molecule has 0 atom stereocenters. The second kappa shape index (κ2) is 5.20. The summed E-state index contributed by atoms with van der Waals surface area (Å²) in [7, 11) is 0. The topological polar surface area (TPSA) is 79.3 Å². The molecular formula is C11H11FN2O3. The maximum atomic E-state index is 13.2. The molecule has 0 saturated heterocycles. The smallest absolute Gasteiger partial charge is 0.331 e. The van der Waals surface area contributed by atoms with Crippen molar-refractivity contribution in [2.45, 2.75) is 13.8 Å². The molecule has 0 radical (unpaired) electrons. The quantitative estimate of drug-likeness (QED) is 0.783. The zero-order chi connectivity index (χ0) is 13.0. The number of nitrogens with one attached hydrogen (secondary N) is 1. The van der Waals surface area contributed by atoms with Gasteiger partial charge in [0.1, 0.15) is 0 Å². The van der Waals surface area contributed by atoms with E-state index in [9.17, 15) is 14.0 Å². The Morgan fingerprint density at radius 2 is 2.00 bits per heavy atom. The number of aliphatic carboxylic acids is 1. The minimum Gasteiger partial charge on any atom is -0.478 e. The van der Waals surface area contributed by atoms with Gasteiger partial charge < -0.3 is 10.4 Å². The van der Waals surface area contributed by atoms with E-state index < -0.39 is 17.7 Å². The molecule has 0 aliphatic rings. The van der Waals surface area contributed by atoms with Crippen LogP contribution in [-0.4, -0.2) is 22.0 Å². The number of carbonyl (C=O) groups excluding carboxylic acids is 1. The summed E-state index contributed by atoms with van der Waals surface area (Å²) >= 11 is 0. The summed E-state index contributed by atoms with van der Waals surface area (Å²) in [6.45, 7) is 2.66. The van der Waals surface area contributed by atoms with Gasteiger partial charge in [-0.3, -0.25) is 9.78 Å². The van der Waals surface area contributed by atoms with Gasteiger partial charge in [0.2, 0.25) is 0 Å². The average molecular weight is 238 g/mol. The van der Waals surface area contributed by atoms with Crippen LogP contribution in [0, 0.1) is 5.82 Å². The summed E-state index contributed by atoms with van der Waals surface area (Å²) in [5.74, 6) is -2.52. The lowest BCUT2D eigenvalue weighted by atomic mass is 10.1. The average Bonchev–Trinajstić information content (AvgIpc) is 2.30. The van der Waals surface area contributed by atoms with Crippen molar-refractivity contribution in [3.05, 3.63) is 35.4 Å². The van der Waals surface area contributed by atoms with Gasteiger partial charge in [-0.2, -0.15) is 0 Å². The van der Waals surface area contributed by atoms with Gasteiger partial charge in [0.25, 0.3) is 5.91 Å². The first-order chi connectivity index (χ1) is 7.93. The van der Waals surface area contributed by atoms with Crippen LogP contribution in [0.15, 0.2) is 29.6 Å². The molecule has 0 bridgehead atoms. The van der Waals surface area contributed by atoms with Crippen molar-refractivity contribution in [1.29, 1.82) is 0 Å². The third kappa shape index (κ3) is 3.10. The number of rotatable bonds is 3. The fourth-order valence-electron chi connectivity index (χ4n) is 1.02. The highest BCUT2D eigenvalue weighted by Crippen LogP contribution is 2.13. The van der Waals surface area contributed by atoms with Crippen molar-refractivity contribution in [3.63, 3.8) is 0 Å². The van der Waals surface area contributed by atoms with Gasteiger partial charge in [0, 0.05) is 17.3 Å². The van der Waals surface area contributed by atoms with Crippen LogP contribution in [0.3, 0.4) is 0 Å². The van der Waals surface area contributed by atoms with Crippen molar-refractivity contribution in [2.24, 2.45) is 0 Å². The Balaban J connectivity index is 2.91. The number of aromatic nitrogens is 1. The maximum Gasteiger partial charge on any atom is 0.331 e. The van der Waals surface area contributed by atoms with Crippen LogP contribution in [-0.2, 0) is 9.59 Å². The van der Waals surface area contributed by atoms with E-state index >= 15 is 0 Å². The van der Waals surface area contributed by atoms with E-state index in [1.807, 2.05) is 0 Å². The zero-order valence-electron chi connectivity index (χ0n) is 9.32. The van der Waals surface area contributed by atoms with Crippen molar-refractivity contribution < 1.29 is 19.1 Å². The Hall–Kier alpha value is -2.24. The molecule has 0 aliphatic heterocycles. The Labute approximate surface area is 97.0 Å². The molecule has 1 amide bonds. The fraction of sp³-hybridized carbons (Fsp3) is 0.182. The summed E-state index contributed by atoms with van der Waals surface area (Å²) in [5, 5.41) is 11.0. The van der Waals surface area contributed by atoms with E-state index in [4.69, 9.17) is 5.11 Å². The number of carboxylic acid groups (broad SMARTS) is 1. The van der Waals surface area contributed by atoms with Gasteiger partial charge in [-0.25, -0.2) is 9.18 Å². The Kier molecular flexibility index (Phi) is 3.92. The number of carboxylic acids is 1. The molecule has 0 aliphatic carbocycles. The van der Waals surface area contributed by atoms with Crippen LogP contribution in [0.1, 0.15) is 13.8 Å². The Morgan fingerprint density at radius 1 is 1.35 bits per heavy atom. The highest BCUT2D eigenvalue weighted by molar-refractivity contribution is 6.08. The van der Waals surface area contributed by atoms with Gasteiger partial charge in [-0.1, -0.05) is 0 Å². The molecule has 5 nitrogen and oxygen atoms in total. The predicted molar refractivity (Wildman–Crippen MR) is 58.8 cm³/mol. The number of anilines is 1. The highest BCUT2D eigenvalue weighted by Gasteiger charge is 2.14. The van der Waals surface area contributed by atoms with E-state index in [0.29, 0.717) is 0 Å². The molecule has 6 heteroatoms. The number of nitrogens with zero attached hydrogens (tertiary/aromatic N) is 1. The molecule has 1 aromatic heterocycles. The largest absolute Gasteiger partial charge is 0.478 e. The van der Waals surface area contributed by atoms with E-state index in [-0.39, 0.29) is 16.8 Å². The van der Waals surface area contributed by atoms with Gasteiger partial charge >= 0.3 is 5.97 Å². The first-order valence-corrected chi connectivity index (χ1v) is 4.75. The fourth-order valence-corrected chi connectivity index (χ4v) is 1.02. The summed E-state index contributed by atoms with van der Waals surface area (Å²) in [6, 6.07) is 1.29. The lowest BCUT2D eigenvalue weighted by Crippen LogP contribution is -2.17. The summed E-state index contributed by atoms with van der Waals surface area (Å²) < 4.78 is 13.2. The molecule has 0 unspecified atom stereocenters. The van der Waals surface area contributed by atoms with Gasteiger partial charge in [0.05, 0.1) is 11.9 Å². The van der Waals surface area contributed by atoms with E-state index in [1.54, 1.807) is 0 Å². The first kappa shape index (κ1) is 12.8. The molecule has 90 valence electrons. The van der Waals surface area contributed by atoms with Crippen LogP contribution < -0.4 is 5.32 Å². The van der Waals surface area contributed by atoms with Crippen LogP contribution in [0.4, 0.5) is 10.1 Å². The van der Waals surface area contributed by atoms with Gasteiger partial charge in [-0.15, -0.1) is 0 Å². The second-order valence-electron chi connectivity index (χ2n) is 3.36. The second-order valence-corrected chi connectivity index (χ2v) is 3.36. The highest BCUT2D eigenvalue weighted by atomic mass is 19.1. The number of hydrogen-bond donors (Lipinski definition) is 2. The maximum absolute atomic E-state index is 13.2. The van der Waals surface area contributed by atoms with E-state index in [0.717, 1.165) is 6.20 Å². The van der Waals surface area contributed by atoms with Gasteiger partial charge in [-0.05, 0) is 19.9 Å². The van der Waals surface area contributed by atoms with E-state index in [2.05, 4.69) is 10.3 Å². The van der Waals surface area contributed by atoms with Crippen LogP contribution in [0.25, 0.3) is 0 Å². The number of carbonyl (C=O) groups is 2. The minimum absolute atomic E-state index is 0.0220. The Morgan fingerprint density at radius 3 is 2.53 bits per heavy atom. The summed E-state index contributed by atoms with van der Waals surface area (Å²) in [5.41, 5.74) is -0.104. The van der Waals surface area contributed by atoms with Crippen molar-refractivity contribution in [3.8, 4) is 0 Å². The Bertz CT molecular complexity index is 497. The molecule has 0 saturated carbocycles. The number of hydrogen-bond acceptors (Lipinski definition) is 3. The van der Waals surface area contributed by atoms with Crippen molar-refractivity contribution in [1.82, 2.24) is 4.98 Å². The molecule has 2 N–H and O–H groups in total. The third-order valence-corrected chi connectivity index (χ3v) is 2.24. The third-order valence-electron chi connectivity index (χ3n) is 2.24. The van der Waals surface area contributed by atoms with Gasteiger partial charge in [0.15, 0.2) is 5.82 Å². The molecule has 0 aromatic carbocycles.